The topological polar surface area (TPSA) is 55.8 Å². The third-order valence-electron chi connectivity index (χ3n) is 3.68. The van der Waals surface area contributed by atoms with Gasteiger partial charge in [0.25, 0.3) is 0 Å². The Morgan fingerprint density at radius 1 is 1.04 bits per heavy atom. The van der Waals surface area contributed by atoms with Gasteiger partial charge in [-0.2, -0.15) is 0 Å². The molecule has 0 aliphatic carbocycles. The maximum Gasteiger partial charge on any atom is 0.345 e. The van der Waals surface area contributed by atoms with Crippen LogP contribution < -0.4 is 9.47 Å². The first-order chi connectivity index (χ1) is 11.0. The number of carbonyl (C=O) groups is 1. The molecule has 0 aromatic heterocycles. The van der Waals surface area contributed by atoms with Gasteiger partial charge in [0.2, 0.25) is 0 Å². The van der Waals surface area contributed by atoms with Gasteiger partial charge in [-0.1, -0.05) is 50.2 Å². The van der Waals surface area contributed by atoms with E-state index in [0.717, 1.165) is 5.56 Å². The van der Waals surface area contributed by atoms with Crippen LogP contribution in [0.2, 0.25) is 0 Å². The monoisotopic (exact) mass is 314 g/mol. The van der Waals surface area contributed by atoms with Gasteiger partial charge in [0.1, 0.15) is 0 Å². The van der Waals surface area contributed by atoms with E-state index in [9.17, 15) is 9.90 Å². The first-order valence-electron chi connectivity index (χ1n) is 7.62. The molecule has 0 aliphatic heterocycles. The average molecular weight is 314 g/mol. The molecule has 2 aromatic rings. The fourth-order valence-electron chi connectivity index (χ4n) is 2.30. The van der Waals surface area contributed by atoms with Crippen molar-refractivity contribution in [2.75, 3.05) is 7.11 Å². The lowest BCUT2D eigenvalue weighted by Gasteiger charge is -2.17. The van der Waals surface area contributed by atoms with Gasteiger partial charge < -0.3 is 14.6 Å². The molecule has 1 atom stereocenters. The average Bonchev–Trinajstić information content (AvgIpc) is 2.55. The number of hydrogen-bond acceptors (Lipinski definition) is 3. The highest BCUT2D eigenvalue weighted by molar-refractivity contribution is 5.73. The third-order valence-corrected chi connectivity index (χ3v) is 3.68. The summed E-state index contributed by atoms with van der Waals surface area (Å²) < 4.78 is 10.9. The lowest BCUT2D eigenvalue weighted by atomic mass is 10.00. The molecule has 4 nitrogen and oxygen atoms in total. The summed E-state index contributed by atoms with van der Waals surface area (Å²) in [4.78, 5) is 11.5. The fraction of sp³-hybridized carbons (Fsp3) is 0.316. The summed E-state index contributed by atoms with van der Waals surface area (Å²) in [5, 5.41) is 9.44. The number of hydrogen-bond donors (Lipinski definition) is 1. The number of aliphatic carboxylic acids is 1. The molecule has 2 rings (SSSR count). The molecular formula is C19H22O4. The van der Waals surface area contributed by atoms with Crippen LogP contribution in [0.3, 0.4) is 0 Å². The molecule has 0 spiro atoms. The Labute approximate surface area is 136 Å². The van der Waals surface area contributed by atoms with Crippen LogP contribution in [0.4, 0.5) is 0 Å². The van der Waals surface area contributed by atoms with Crippen LogP contribution in [-0.4, -0.2) is 24.3 Å². The molecule has 2 aromatic carbocycles. The molecule has 23 heavy (non-hydrogen) atoms. The van der Waals surface area contributed by atoms with Crippen LogP contribution in [0, 0.1) is 0 Å². The van der Waals surface area contributed by atoms with Crippen LogP contribution in [0.1, 0.15) is 30.9 Å². The molecule has 0 bridgehead atoms. The molecule has 0 fully saturated rings. The molecular weight excluding hydrogens is 292 g/mol. The number of carboxylic acids is 1. The van der Waals surface area contributed by atoms with Gasteiger partial charge in [0.05, 0.1) is 7.11 Å². The molecule has 1 unspecified atom stereocenters. The maximum absolute atomic E-state index is 11.5. The van der Waals surface area contributed by atoms with Crippen molar-refractivity contribution in [3.8, 4) is 11.5 Å². The smallest absolute Gasteiger partial charge is 0.345 e. The molecule has 1 N–H and O–H groups in total. The molecule has 0 saturated heterocycles. The molecule has 0 aliphatic rings. The largest absolute Gasteiger partial charge is 0.493 e. The van der Waals surface area contributed by atoms with E-state index in [0.29, 0.717) is 23.8 Å². The highest BCUT2D eigenvalue weighted by Gasteiger charge is 2.21. The van der Waals surface area contributed by atoms with Crippen molar-refractivity contribution < 1.29 is 19.4 Å². The molecule has 0 radical (unpaired) electrons. The predicted molar refractivity (Wildman–Crippen MR) is 89.3 cm³/mol. The molecule has 122 valence electrons. The Bertz CT molecular complexity index is 647. The number of para-hydroxylation sites is 2. The van der Waals surface area contributed by atoms with E-state index >= 15 is 0 Å². The summed E-state index contributed by atoms with van der Waals surface area (Å²) in [6.07, 6.45) is -0.664. The minimum Gasteiger partial charge on any atom is -0.493 e. The minimum absolute atomic E-state index is 0.297. The van der Waals surface area contributed by atoms with Crippen LogP contribution >= 0.6 is 0 Å². The zero-order valence-electron chi connectivity index (χ0n) is 13.7. The van der Waals surface area contributed by atoms with E-state index < -0.39 is 12.1 Å². The third kappa shape index (κ3) is 4.49. The van der Waals surface area contributed by atoms with Crippen LogP contribution in [-0.2, 0) is 11.2 Å². The van der Waals surface area contributed by atoms with Crippen molar-refractivity contribution in [2.45, 2.75) is 32.3 Å². The zero-order valence-corrected chi connectivity index (χ0v) is 13.7. The van der Waals surface area contributed by atoms with Crippen molar-refractivity contribution in [2.24, 2.45) is 0 Å². The summed E-state index contributed by atoms with van der Waals surface area (Å²) in [7, 11) is 1.53. The Balaban J connectivity index is 2.14. The van der Waals surface area contributed by atoms with Crippen LogP contribution in [0.15, 0.2) is 48.5 Å². The Kier molecular flexibility index (Phi) is 5.63. The van der Waals surface area contributed by atoms with Crippen molar-refractivity contribution in [3.05, 3.63) is 59.7 Å². The zero-order chi connectivity index (χ0) is 16.8. The number of rotatable bonds is 7. The van der Waals surface area contributed by atoms with Crippen molar-refractivity contribution >= 4 is 5.97 Å². The van der Waals surface area contributed by atoms with Gasteiger partial charge in [-0.3, -0.25) is 0 Å². The first kappa shape index (κ1) is 16.9. The number of methoxy groups -OCH3 is 1. The second kappa shape index (κ2) is 7.68. The van der Waals surface area contributed by atoms with E-state index in [1.807, 2.05) is 30.3 Å². The van der Waals surface area contributed by atoms with E-state index in [1.165, 1.54) is 12.7 Å². The highest BCUT2D eigenvalue weighted by atomic mass is 16.5. The molecule has 0 amide bonds. The van der Waals surface area contributed by atoms with E-state index in [1.54, 1.807) is 18.2 Å². The van der Waals surface area contributed by atoms with Crippen molar-refractivity contribution in [1.29, 1.82) is 0 Å². The molecule has 0 heterocycles. The second-order valence-corrected chi connectivity index (χ2v) is 5.70. The summed E-state index contributed by atoms with van der Waals surface area (Å²) in [6.45, 7) is 4.25. The quantitative estimate of drug-likeness (QED) is 0.842. The Morgan fingerprint density at radius 3 is 2.17 bits per heavy atom. The summed E-state index contributed by atoms with van der Waals surface area (Å²) in [6, 6.07) is 15.0. The van der Waals surface area contributed by atoms with Gasteiger partial charge in [0.15, 0.2) is 17.6 Å². The lowest BCUT2D eigenvalue weighted by molar-refractivity contribution is -0.145. The van der Waals surface area contributed by atoms with Gasteiger partial charge in [-0.25, -0.2) is 4.79 Å². The standard InChI is InChI=1S/C19H22O4/c1-13(2)15-10-8-14(9-11-15)12-18(19(20)21)23-17-7-5-4-6-16(17)22-3/h4-11,13,18H,12H2,1-3H3,(H,20,21). The van der Waals surface area contributed by atoms with Gasteiger partial charge in [-0.15, -0.1) is 0 Å². The summed E-state index contributed by atoms with van der Waals surface area (Å²) >= 11 is 0. The van der Waals surface area contributed by atoms with E-state index in [-0.39, 0.29) is 0 Å². The SMILES string of the molecule is COc1ccccc1OC(Cc1ccc(C(C)C)cc1)C(=O)O. The number of ether oxygens (including phenoxy) is 2. The first-order valence-corrected chi connectivity index (χ1v) is 7.62. The van der Waals surface area contributed by atoms with Gasteiger partial charge in [0, 0.05) is 6.42 Å². The van der Waals surface area contributed by atoms with Crippen molar-refractivity contribution in [3.63, 3.8) is 0 Å². The van der Waals surface area contributed by atoms with Gasteiger partial charge >= 0.3 is 5.97 Å². The highest BCUT2D eigenvalue weighted by Crippen LogP contribution is 2.27. The van der Waals surface area contributed by atoms with E-state index in [2.05, 4.69) is 13.8 Å². The summed E-state index contributed by atoms with van der Waals surface area (Å²) in [5.41, 5.74) is 2.16. The van der Waals surface area contributed by atoms with E-state index in [4.69, 9.17) is 9.47 Å². The predicted octanol–water partition coefficient (Wildman–Crippen LogP) is 3.89. The maximum atomic E-state index is 11.5. The Morgan fingerprint density at radius 2 is 1.65 bits per heavy atom. The second-order valence-electron chi connectivity index (χ2n) is 5.70. The van der Waals surface area contributed by atoms with Crippen LogP contribution in [0.25, 0.3) is 0 Å². The lowest BCUT2D eigenvalue weighted by Crippen LogP contribution is -2.29. The molecule has 0 saturated carbocycles. The van der Waals surface area contributed by atoms with Crippen molar-refractivity contribution in [1.82, 2.24) is 0 Å². The summed E-state index contributed by atoms with van der Waals surface area (Å²) in [5.74, 6) is 0.406. The fourth-order valence-corrected chi connectivity index (χ4v) is 2.30. The van der Waals surface area contributed by atoms with Gasteiger partial charge in [-0.05, 0) is 29.2 Å². The van der Waals surface area contributed by atoms with Crippen LogP contribution in [0.5, 0.6) is 11.5 Å². The Hall–Kier alpha value is -2.49. The number of benzene rings is 2. The number of carboxylic acid groups (broad SMARTS) is 1. The molecule has 4 heteroatoms. The minimum atomic E-state index is -0.996. The normalized spacial score (nSPS) is 12.0.